The summed E-state index contributed by atoms with van der Waals surface area (Å²) in [6, 6.07) is 64.8. The van der Waals surface area contributed by atoms with Gasteiger partial charge < -0.3 is 0 Å². The van der Waals surface area contributed by atoms with Gasteiger partial charge in [0.1, 0.15) is 6.04 Å². The Balaban J connectivity index is 0.908. The Bertz CT molecular complexity index is 3350. The van der Waals surface area contributed by atoms with Crippen LogP contribution in [0.15, 0.2) is 211 Å². The number of rotatable bonds is 4. The molecule has 0 saturated heterocycles. The van der Waals surface area contributed by atoms with Crippen LogP contribution in [-0.2, 0) is 5.41 Å². The van der Waals surface area contributed by atoms with Crippen LogP contribution in [0.3, 0.4) is 0 Å². The van der Waals surface area contributed by atoms with Crippen molar-refractivity contribution in [1.82, 2.24) is 4.57 Å². The van der Waals surface area contributed by atoms with E-state index in [9.17, 15) is 0 Å². The summed E-state index contributed by atoms with van der Waals surface area (Å²) in [6.07, 6.45) is 8.79. The number of hydrogen-bond acceptors (Lipinski definition) is 1. The predicted octanol–water partition coefficient (Wildman–Crippen LogP) is 12.9. The third kappa shape index (κ3) is 5.36. The lowest BCUT2D eigenvalue weighted by Gasteiger charge is -2.24. The van der Waals surface area contributed by atoms with E-state index in [4.69, 9.17) is 4.99 Å². The summed E-state index contributed by atoms with van der Waals surface area (Å²) in [6.45, 7) is 4.69. The number of aliphatic imine (C=N–C) groups is 1. The van der Waals surface area contributed by atoms with Crippen LogP contribution < -0.4 is 5.32 Å². The summed E-state index contributed by atoms with van der Waals surface area (Å²) >= 11 is 0. The molecule has 12 rings (SSSR count). The van der Waals surface area contributed by atoms with Crippen LogP contribution in [-0.4, -0.2) is 16.6 Å². The minimum Gasteiger partial charge on any atom is -0.272 e. The maximum absolute atomic E-state index is 5.51. The number of hydrogen-bond donors (Lipinski definition) is 1. The van der Waals surface area contributed by atoms with E-state index in [1.165, 1.54) is 82.8 Å². The Hall–Kier alpha value is -7.33. The molecule has 0 radical (unpaired) electrons. The molecule has 1 atom stereocenters. The van der Waals surface area contributed by atoms with Crippen LogP contribution in [0.5, 0.6) is 0 Å². The number of quaternary nitrogens is 1. The van der Waals surface area contributed by atoms with Gasteiger partial charge in [0.25, 0.3) is 0 Å². The van der Waals surface area contributed by atoms with Gasteiger partial charge in [-0.15, -0.1) is 0 Å². The van der Waals surface area contributed by atoms with Crippen molar-refractivity contribution in [3.63, 3.8) is 0 Å². The number of para-hydroxylation sites is 1. The number of allylic oxidation sites excluding steroid dienone is 2. The van der Waals surface area contributed by atoms with Crippen LogP contribution >= 0.6 is 0 Å². The van der Waals surface area contributed by atoms with E-state index in [0.717, 1.165) is 28.3 Å². The quantitative estimate of drug-likeness (QED) is 0.185. The van der Waals surface area contributed by atoms with Crippen molar-refractivity contribution in [2.75, 3.05) is 0 Å². The molecule has 0 bridgehead atoms. The first-order valence-corrected chi connectivity index (χ1v) is 21.0. The molecule has 8 aromatic carbocycles. The third-order valence-corrected chi connectivity index (χ3v) is 13.2. The molecule has 1 aromatic heterocycles. The van der Waals surface area contributed by atoms with Crippen LogP contribution in [0.25, 0.3) is 82.8 Å². The Morgan fingerprint density at radius 1 is 0.483 bits per heavy atom. The van der Waals surface area contributed by atoms with Gasteiger partial charge >= 0.3 is 5.96 Å². The number of nitrogens with two attached hydrogens (primary N) is 1. The van der Waals surface area contributed by atoms with E-state index in [1.54, 1.807) is 0 Å². The minimum atomic E-state index is -0.0219. The molecule has 3 nitrogen and oxygen atoms in total. The fourth-order valence-electron chi connectivity index (χ4n) is 10.1. The zero-order valence-electron chi connectivity index (χ0n) is 33.6. The molecule has 2 aliphatic carbocycles. The molecule has 0 spiro atoms. The van der Waals surface area contributed by atoms with E-state index < -0.39 is 0 Å². The Morgan fingerprint density at radius 2 is 1.10 bits per heavy atom. The molecular weight excluding hydrogens is 727 g/mol. The topological polar surface area (TPSA) is 33.9 Å². The summed E-state index contributed by atoms with van der Waals surface area (Å²) in [7, 11) is 0. The average molecular weight is 769 g/mol. The van der Waals surface area contributed by atoms with Gasteiger partial charge in [0.15, 0.2) is 0 Å². The highest BCUT2D eigenvalue weighted by molar-refractivity contribution is 6.14. The lowest BCUT2D eigenvalue weighted by Crippen LogP contribution is -2.95. The number of fused-ring (bicyclic) bond motifs is 8. The monoisotopic (exact) mass is 768 g/mol. The molecule has 284 valence electrons. The molecule has 9 aromatic rings. The lowest BCUT2D eigenvalue weighted by molar-refractivity contribution is -0.563. The summed E-state index contributed by atoms with van der Waals surface area (Å²) in [5, 5.41) is 7.28. The smallest absolute Gasteiger partial charge is 0.272 e. The molecule has 3 aliphatic rings. The highest BCUT2D eigenvalue weighted by Gasteiger charge is 2.35. The second-order valence-electron chi connectivity index (χ2n) is 16.9. The molecule has 0 fully saturated rings. The van der Waals surface area contributed by atoms with Gasteiger partial charge in [-0.1, -0.05) is 184 Å². The van der Waals surface area contributed by atoms with Gasteiger partial charge in [0, 0.05) is 27.3 Å². The summed E-state index contributed by atoms with van der Waals surface area (Å²) in [4.78, 5) is 5.51. The van der Waals surface area contributed by atoms with Gasteiger partial charge in [-0.2, -0.15) is 4.99 Å². The molecular formula is C57H42N3+. The maximum Gasteiger partial charge on any atom is 0.312 e. The number of aromatic nitrogens is 1. The van der Waals surface area contributed by atoms with E-state index in [2.05, 4.69) is 224 Å². The molecule has 1 unspecified atom stereocenters. The molecule has 60 heavy (non-hydrogen) atoms. The van der Waals surface area contributed by atoms with E-state index in [0.29, 0.717) is 0 Å². The van der Waals surface area contributed by atoms with Crippen molar-refractivity contribution in [2.24, 2.45) is 4.99 Å². The summed E-state index contributed by atoms with van der Waals surface area (Å²) in [5.74, 6) is 0.945. The van der Waals surface area contributed by atoms with Crippen molar-refractivity contribution in [3.8, 4) is 44.5 Å². The zero-order chi connectivity index (χ0) is 40.0. The Kier molecular flexibility index (Phi) is 7.72. The minimum absolute atomic E-state index is 0.0219. The number of benzene rings is 8. The highest BCUT2D eigenvalue weighted by Crippen LogP contribution is 2.49. The predicted molar refractivity (Wildman–Crippen MR) is 251 cm³/mol. The summed E-state index contributed by atoms with van der Waals surface area (Å²) in [5.41, 5.74) is 18.5. The van der Waals surface area contributed by atoms with E-state index >= 15 is 0 Å². The zero-order valence-corrected chi connectivity index (χ0v) is 33.6. The van der Waals surface area contributed by atoms with Crippen LogP contribution in [0, 0.1) is 0 Å². The average Bonchev–Trinajstić information content (AvgIpc) is 3.76. The highest BCUT2D eigenvalue weighted by atomic mass is 15.2. The van der Waals surface area contributed by atoms with Crippen molar-refractivity contribution in [2.45, 2.75) is 25.3 Å². The van der Waals surface area contributed by atoms with Crippen molar-refractivity contribution >= 4 is 44.2 Å². The Morgan fingerprint density at radius 3 is 1.95 bits per heavy atom. The first-order chi connectivity index (χ1) is 29.5. The Labute approximate surface area is 350 Å². The molecule has 2 heterocycles. The molecule has 3 heteroatoms. The molecule has 2 N–H and O–H groups in total. The van der Waals surface area contributed by atoms with Gasteiger partial charge in [0.2, 0.25) is 0 Å². The normalized spacial score (nSPS) is 16.3. The second kappa shape index (κ2) is 13.4. The van der Waals surface area contributed by atoms with E-state index in [-0.39, 0.29) is 11.5 Å². The van der Waals surface area contributed by atoms with Crippen molar-refractivity contribution < 1.29 is 5.32 Å². The summed E-state index contributed by atoms with van der Waals surface area (Å²) < 4.78 is 2.36. The van der Waals surface area contributed by atoms with Gasteiger partial charge in [-0.3, -0.25) is 5.32 Å². The van der Waals surface area contributed by atoms with Crippen LogP contribution in [0.1, 0.15) is 30.5 Å². The first kappa shape index (κ1) is 34.7. The van der Waals surface area contributed by atoms with Gasteiger partial charge in [-0.05, 0) is 96.7 Å². The largest absolute Gasteiger partial charge is 0.312 e. The molecule has 0 saturated carbocycles. The van der Waals surface area contributed by atoms with Crippen LogP contribution in [0.2, 0.25) is 0 Å². The fraction of sp³-hybridized carbons (Fsp3) is 0.0702. The lowest BCUT2D eigenvalue weighted by atomic mass is 9.81. The van der Waals surface area contributed by atoms with Crippen molar-refractivity contribution in [1.29, 1.82) is 0 Å². The standard InChI is InChI=1S/C57H41N3/c1-57(2)50-19-8-5-15-45(50)46-32-30-42(35-51(46)57)37-24-22-36(23-25-37)41-31-33-54-49(34-41)47-16-7-10-21-53(47)60(54)56-58-52-20-9-6-17-48(52)55(59-56)40-28-26-39(27-29-40)44-18-11-13-38-12-3-4-14-43(38)44/h3-35,52H,1-2H3,(H,58,59)/p+1. The van der Waals surface area contributed by atoms with E-state index in [1.807, 2.05) is 0 Å². The van der Waals surface area contributed by atoms with Crippen LogP contribution in [0.4, 0.5) is 0 Å². The third-order valence-electron chi connectivity index (χ3n) is 13.2. The SMILES string of the molecule is CC1(C)c2ccccc2-c2ccc(-c3ccc(-c4ccc5c(c4)c4ccccc4n5C4=NC(c5ccc(-c6cccc7ccccc67)cc5)=C5C=CC=CC5[NH2+]4)cc3)cc21. The fourth-order valence-corrected chi connectivity index (χ4v) is 10.1. The second-order valence-corrected chi connectivity index (χ2v) is 16.9. The van der Waals surface area contributed by atoms with Gasteiger partial charge in [0.05, 0.1) is 16.7 Å². The molecule has 0 amide bonds. The first-order valence-electron chi connectivity index (χ1n) is 21.0. The molecule has 1 aliphatic heterocycles. The number of nitrogens with zero attached hydrogens (tertiary/aromatic N) is 2. The van der Waals surface area contributed by atoms with Crippen molar-refractivity contribution in [3.05, 3.63) is 222 Å². The van der Waals surface area contributed by atoms with Gasteiger partial charge in [-0.25, -0.2) is 4.57 Å². The maximum atomic E-state index is 5.51.